The Balaban J connectivity index is 1.57. The average molecular weight is 342 g/mol. The van der Waals surface area contributed by atoms with Crippen molar-refractivity contribution in [2.45, 2.75) is 6.10 Å². The molecule has 5 heteroatoms. The van der Waals surface area contributed by atoms with E-state index in [0.29, 0.717) is 18.0 Å². The fraction of sp³-hybridized carbons (Fsp3) is 0.400. The lowest BCUT2D eigenvalue weighted by Gasteiger charge is -2.37. The molecule has 1 aliphatic heterocycles. The molecule has 0 saturated carbocycles. The molecule has 0 unspecified atom stereocenters. The summed E-state index contributed by atoms with van der Waals surface area (Å²) in [6, 6.07) is 16.1. The minimum atomic E-state index is -0.539. The first-order valence-electron chi connectivity index (χ1n) is 8.63. The first kappa shape index (κ1) is 17.6. The van der Waals surface area contributed by atoms with Gasteiger partial charge >= 0.3 is 0 Å². The van der Waals surface area contributed by atoms with Gasteiger partial charge in [-0.15, -0.1) is 0 Å². The van der Waals surface area contributed by atoms with Gasteiger partial charge in [0.05, 0.1) is 20.3 Å². The third-order valence-corrected chi connectivity index (χ3v) is 4.72. The van der Waals surface area contributed by atoms with Crippen molar-refractivity contribution in [3.8, 4) is 11.5 Å². The van der Waals surface area contributed by atoms with E-state index in [2.05, 4.69) is 34.1 Å². The van der Waals surface area contributed by atoms with Crippen molar-refractivity contribution < 1.29 is 14.6 Å². The molecule has 3 rings (SSSR count). The van der Waals surface area contributed by atoms with Gasteiger partial charge in [-0.25, -0.2) is 0 Å². The third kappa shape index (κ3) is 4.24. The first-order valence-corrected chi connectivity index (χ1v) is 8.63. The molecule has 5 nitrogen and oxygen atoms in total. The maximum atomic E-state index is 10.6. The minimum absolute atomic E-state index is 0.539. The lowest BCUT2D eigenvalue weighted by atomic mass is 10.1. The van der Waals surface area contributed by atoms with Gasteiger partial charge in [0.25, 0.3) is 0 Å². The fourth-order valence-electron chi connectivity index (χ4n) is 3.24. The van der Waals surface area contributed by atoms with Gasteiger partial charge in [-0.05, 0) is 29.8 Å². The second kappa shape index (κ2) is 8.23. The largest absolute Gasteiger partial charge is 0.493 e. The predicted octanol–water partition coefficient (Wildman–Crippen LogP) is 2.56. The molecule has 0 aromatic heterocycles. The monoisotopic (exact) mass is 342 g/mol. The number of ether oxygens (including phenoxy) is 2. The van der Waals surface area contributed by atoms with Crippen LogP contribution in [0.25, 0.3) is 0 Å². The summed E-state index contributed by atoms with van der Waals surface area (Å²) in [6.45, 7) is 4.46. The number of nitrogens with zero attached hydrogens (tertiary/aromatic N) is 2. The molecule has 1 fully saturated rings. The quantitative estimate of drug-likeness (QED) is 0.874. The number of β-amino-alcohol motifs (C(OH)–C–C–N with tert-alkyl or cyclic N) is 1. The van der Waals surface area contributed by atoms with Crippen molar-refractivity contribution in [1.29, 1.82) is 0 Å². The summed E-state index contributed by atoms with van der Waals surface area (Å²) in [7, 11) is 3.22. The van der Waals surface area contributed by atoms with Gasteiger partial charge in [-0.1, -0.05) is 24.3 Å². The Labute approximate surface area is 149 Å². The van der Waals surface area contributed by atoms with Crippen LogP contribution in [0.2, 0.25) is 0 Å². The van der Waals surface area contributed by atoms with Crippen molar-refractivity contribution in [2.24, 2.45) is 0 Å². The van der Waals surface area contributed by atoms with Crippen molar-refractivity contribution >= 4 is 5.69 Å². The highest BCUT2D eigenvalue weighted by atomic mass is 16.5. The number of hydrogen-bond donors (Lipinski definition) is 1. The molecule has 25 heavy (non-hydrogen) atoms. The summed E-state index contributed by atoms with van der Waals surface area (Å²) in [5, 5.41) is 10.6. The van der Waals surface area contributed by atoms with E-state index in [9.17, 15) is 5.11 Å². The van der Waals surface area contributed by atoms with Gasteiger partial charge in [0, 0.05) is 38.4 Å². The molecular formula is C20H26N2O3. The highest BCUT2D eigenvalue weighted by Gasteiger charge is 2.20. The van der Waals surface area contributed by atoms with Gasteiger partial charge in [-0.3, -0.25) is 4.90 Å². The molecule has 0 amide bonds. The van der Waals surface area contributed by atoms with E-state index in [-0.39, 0.29) is 0 Å². The molecule has 0 bridgehead atoms. The van der Waals surface area contributed by atoms with Crippen LogP contribution in [0.3, 0.4) is 0 Å². The smallest absolute Gasteiger partial charge is 0.161 e. The van der Waals surface area contributed by atoms with E-state index in [4.69, 9.17) is 9.47 Å². The molecule has 2 aromatic carbocycles. The normalized spacial score (nSPS) is 16.5. The van der Waals surface area contributed by atoms with Gasteiger partial charge in [0.2, 0.25) is 0 Å². The molecule has 1 aliphatic rings. The second-order valence-electron chi connectivity index (χ2n) is 6.25. The number of methoxy groups -OCH3 is 2. The van der Waals surface area contributed by atoms with Crippen LogP contribution in [-0.4, -0.2) is 56.9 Å². The van der Waals surface area contributed by atoms with E-state index in [0.717, 1.165) is 31.7 Å². The third-order valence-electron chi connectivity index (χ3n) is 4.72. The molecule has 0 spiro atoms. The SMILES string of the molecule is COc1ccc([C@H](O)CN2CCN(c3ccccc3)CC2)cc1OC. The van der Waals surface area contributed by atoms with Crippen molar-refractivity contribution in [3.63, 3.8) is 0 Å². The number of anilines is 1. The zero-order valence-electron chi connectivity index (χ0n) is 14.9. The van der Waals surface area contributed by atoms with Crippen LogP contribution >= 0.6 is 0 Å². The van der Waals surface area contributed by atoms with Crippen LogP contribution in [0.15, 0.2) is 48.5 Å². The predicted molar refractivity (Wildman–Crippen MR) is 99.6 cm³/mol. The molecule has 1 N–H and O–H groups in total. The Hall–Kier alpha value is -2.24. The molecule has 0 aliphatic carbocycles. The second-order valence-corrected chi connectivity index (χ2v) is 6.25. The molecular weight excluding hydrogens is 316 g/mol. The van der Waals surface area contributed by atoms with E-state index >= 15 is 0 Å². The van der Waals surface area contributed by atoms with Crippen LogP contribution in [-0.2, 0) is 0 Å². The summed E-state index contributed by atoms with van der Waals surface area (Å²) in [5.41, 5.74) is 2.12. The fourth-order valence-corrected chi connectivity index (χ4v) is 3.24. The Morgan fingerprint density at radius 1 is 0.920 bits per heavy atom. The Morgan fingerprint density at radius 3 is 2.24 bits per heavy atom. The number of aliphatic hydroxyl groups excluding tert-OH is 1. The van der Waals surface area contributed by atoms with Gasteiger partial charge in [0.15, 0.2) is 11.5 Å². The summed E-state index contributed by atoms with van der Waals surface area (Å²) < 4.78 is 10.6. The topological polar surface area (TPSA) is 45.2 Å². The van der Waals surface area contributed by atoms with Gasteiger partial charge in [-0.2, -0.15) is 0 Å². The van der Waals surface area contributed by atoms with Crippen LogP contribution in [0.5, 0.6) is 11.5 Å². The van der Waals surface area contributed by atoms with E-state index in [1.807, 2.05) is 24.3 Å². The summed E-state index contributed by atoms with van der Waals surface area (Å²) >= 11 is 0. The molecule has 134 valence electrons. The van der Waals surface area contributed by atoms with Gasteiger partial charge in [0.1, 0.15) is 0 Å². The highest BCUT2D eigenvalue weighted by Crippen LogP contribution is 2.30. The first-order chi connectivity index (χ1) is 12.2. The molecule has 0 radical (unpaired) electrons. The number of piperazine rings is 1. The number of rotatable bonds is 6. The standard InChI is InChI=1S/C20H26N2O3/c1-24-19-9-8-16(14-20(19)25-2)18(23)15-21-10-12-22(13-11-21)17-6-4-3-5-7-17/h3-9,14,18,23H,10-13,15H2,1-2H3/t18-/m1/s1. The van der Waals surface area contributed by atoms with Crippen LogP contribution in [0, 0.1) is 0 Å². The Kier molecular flexibility index (Phi) is 5.79. The maximum Gasteiger partial charge on any atom is 0.161 e. The van der Waals surface area contributed by atoms with E-state index in [1.165, 1.54) is 5.69 Å². The maximum absolute atomic E-state index is 10.6. The minimum Gasteiger partial charge on any atom is -0.493 e. The van der Waals surface area contributed by atoms with Crippen molar-refractivity contribution in [3.05, 3.63) is 54.1 Å². The molecule has 1 atom stereocenters. The number of para-hydroxylation sites is 1. The van der Waals surface area contributed by atoms with E-state index < -0.39 is 6.10 Å². The number of aliphatic hydroxyl groups is 1. The summed E-state index contributed by atoms with van der Waals surface area (Å²) in [4.78, 5) is 4.69. The zero-order chi connectivity index (χ0) is 17.6. The molecule has 1 saturated heterocycles. The van der Waals surface area contributed by atoms with Crippen molar-refractivity contribution in [1.82, 2.24) is 4.90 Å². The Morgan fingerprint density at radius 2 is 1.60 bits per heavy atom. The summed E-state index contributed by atoms with van der Waals surface area (Å²) in [5.74, 6) is 1.32. The van der Waals surface area contributed by atoms with Crippen LogP contribution in [0.1, 0.15) is 11.7 Å². The highest BCUT2D eigenvalue weighted by molar-refractivity contribution is 5.46. The van der Waals surface area contributed by atoms with Crippen molar-refractivity contribution in [2.75, 3.05) is 51.8 Å². The Bertz CT molecular complexity index is 670. The average Bonchev–Trinajstić information content (AvgIpc) is 2.68. The number of hydrogen-bond acceptors (Lipinski definition) is 5. The number of benzene rings is 2. The summed E-state index contributed by atoms with van der Waals surface area (Å²) in [6.07, 6.45) is -0.539. The van der Waals surface area contributed by atoms with Gasteiger partial charge < -0.3 is 19.5 Å². The molecule has 1 heterocycles. The lowest BCUT2D eigenvalue weighted by molar-refractivity contribution is 0.109. The lowest BCUT2D eigenvalue weighted by Crippen LogP contribution is -2.47. The van der Waals surface area contributed by atoms with Crippen LogP contribution in [0.4, 0.5) is 5.69 Å². The van der Waals surface area contributed by atoms with E-state index in [1.54, 1.807) is 14.2 Å². The molecule has 2 aromatic rings. The zero-order valence-corrected chi connectivity index (χ0v) is 14.9. The van der Waals surface area contributed by atoms with Crippen LogP contribution < -0.4 is 14.4 Å².